The van der Waals surface area contributed by atoms with Crippen LogP contribution in [0, 0.1) is 11.6 Å². The molecule has 0 spiro atoms. The van der Waals surface area contributed by atoms with Crippen molar-refractivity contribution in [3.05, 3.63) is 61.8 Å². The van der Waals surface area contributed by atoms with Crippen LogP contribution < -0.4 is 11.2 Å². The number of aromatic amines is 1. The first-order valence-electron chi connectivity index (χ1n) is 8.01. The lowest BCUT2D eigenvalue weighted by atomic mass is 10.0. The predicted octanol–water partition coefficient (Wildman–Crippen LogP) is 3.41. The van der Waals surface area contributed by atoms with Crippen LogP contribution in [-0.4, -0.2) is 28.5 Å². The van der Waals surface area contributed by atoms with Crippen molar-refractivity contribution in [3.63, 3.8) is 0 Å². The first kappa shape index (κ1) is 18.2. The number of nitrogens with zero attached hydrogens (tertiary/aromatic N) is 1. The summed E-state index contributed by atoms with van der Waals surface area (Å²) in [5.41, 5.74) is -0.359. The van der Waals surface area contributed by atoms with Gasteiger partial charge in [0.15, 0.2) is 0 Å². The van der Waals surface area contributed by atoms with Gasteiger partial charge >= 0.3 is 5.69 Å². The fourth-order valence-corrected chi connectivity index (χ4v) is 4.90. The van der Waals surface area contributed by atoms with E-state index in [1.807, 2.05) is 0 Å². The van der Waals surface area contributed by atoms with E-state index in [0.717, 1.165) is 12.1 Å². The largest absolute Gasteiger partial charge is 0.379 e. The molecular weight excluding hydrogens is 398 g/mol. The highest BCUT2D eigenvalue weighted by atomic mass is 35.5. The van der Waals surface area contributed by atoms with Crippen molar-refractivity contribution in [1.82, 2.24) is 9.55 Å². The standard InChI is InChI=1S/C18H13ClF2N2O3S/c1-26-9-6-23-15-11(17(24)22-18(23)25)5-12(19)14(16(15)27-7-9)10-3-2-8(20)4-13(10)21/h2-5,9H,6-7H2,1H3,(H,22,24,25)/t9-/m1/s1. The Balaban J connectivity index is 2.15. The van der Waals surface area contributed by atoms with Crippen molar-refractivity contribution in [2.75, 3.05) is 12.9 Å². The summed E-state index contributed by atoms with van der Waals surface area (Å²) in [4.78, 5) is 27.5. The monoisotopic (exact) mass is 410 g/mol. The van der Waals surface area contributed by atoms with Gasteiger partial charge in [0.05, 0.1) is 28.6 Å². The van der Waals surface area contributed by atoms with E-state index < -0.39 is 22.9 Å². The van der Waals surface area contributed by atoms with Crippen LogP contribution in [0.1, 0.15) is 0 Å². The zero-order chi connectivity index (χ0) is 19.3. The zero-order valence-electron chi connectivity index (χ0n) is 14.0. The summed E-state index contributed by atoms with van der Waals surface area (Å²) >= 11 is 7.72. The predicted molar refractivity (Wildman–Crippen MR) is 101 cm³/mol. The van der Waals surface area contributed by atoms with E-state index in [9.17, 15) is 18.4 Å². The third-order valence-corrected chi connectivity index (χ3v) is 6.04. The second-order valence-electron chi connectivity index (χ2n) is 6.12. The number of thioether (sulfide) groups is 1. The molecule has 3 aromatic rings. The van der Waals surface area contributed by atoms with Gasteiger partial charge in [-0.05, 0) is 18.2 Å². The number of aromatic nitrogens is 2. The molecule has 0 saturated carbocycles. The van der Waals surface area contributed by atoms with E-state index in [-0.39, 0.29) is 28.6 Å². The Morgan fingerprint density at radius 1 is 1.30 bits per heavy atom. The third kappa shape index (κ3) is 2.97. The molecular formula is C18H13ClF2N2O3S. The minimum atomic E-state index is -0.778. The van der Waals surface area contributed by atoms with Gasteiger partial charge in [0.1, 0.15) is 11.6 Å². The molecule has 0 bridgehead atoms. The number of H-pyrrole nitrogens is 1. The number of hydrogen-bond acceptors (Lipinski definition) is 4. The van der Waals surface area contributed by atoms with Gasteiger partial charge in [0.25, 0.3) is 5.56 Å². The highest BCUT2D eigenvalue weighted by Crippen LogP contribution is 2.43. The average molecular weight is 411 g/mol. The second kappa shape index (κ2) is 6.78. The molecule has 1 N–H and O–H groups in total. The summed E-state index contributed by atoms with van der Waals surface area (Å²) in [6.45, 7) is 0.232. The topological polar surface area (TPSA) is 64.1 Å². The number of ether oxygens (including phenoxy) is 1. The Labute approximate surface area is 160 Å². The molecule has 2 heterocycles. The van der Waals surface area contributed by atoms with Crippen molar-refractivity contribution >= 4 is 34.3 Å². The van der Waals surface area contributed by atoms with Gasteiger partial charge < -0.3 is 4.74 Å². The van der Waals surface area contributed by atoms with Crippen LogP contribution in [0.25, 0.3) is 22.0 Å². The molecule has 27 heavy (non-hydrogen) atoms. The van der Waals surface area contributed by atoms with Gasteiger partial charge in [-0.1, -0.05) is 11.6 Å². The second-order valence-corrected chi connectivity index (χ2v) is 7.56. The van der Waals surface area contributed by atoms with Crippen LogP contribution in [0.3, 0.4) is 0 Å². The van der Waals surface area contributed by atoms with E-state index in [4.69, 9.17) is 16.3 Å². The van der Waals surface area contributed by atoms with Crippen molar-refractivity contribution in [3.8, 4) is 11.1 Å². The quantitative estimate of drug-likeness (QED) is 0.703. The summed E-state index contributed by atoms with van der Waals surface area (Å²) in [5.74, 6) is -1.02. The van der Waals surface area contributed by atoms with E-state index in [0.29, 0.717) is 21.7 Å². The van der Waals surface area contributed by atoms with Crippen LogP contribution in [0.2, 0.25) is 5.02 Å². The summed E-state index contributed by atoms with van der Waals surface area (Å²) in [7, 11) is 1.53. The molecule has 1 atom stereocenters. The fourth-order valence-electron chi connectivity index (χ4n) is 3.22. The minimum Gasteiger partial charge on any atom is -0.379 e. The Kier molecular flexibility index (Phi) is 4.57. The van der Waals surface area contributed by atoms with Crippen molar-refractivity contribution in [1.29, 1.82) is 0 Å². The van der Waals surface area contributed by atoms with Crippen molar-refractivity contribution in [2.45, 2.75) is 17.5 Å². The van der Waals surface area contributed by atoms with Gasteiger partial charge in [0, 0.05) is 35.0 Å². The molecule has 5 nitrogen and oxygen atoms in total. The maximum atomic E-state index is 14.5. The maximum Gasteiger partial charge on any atom is 0.328 e. The van der Waals surface area contributed by atoms with E-state index in [1.54, 1.807) is 0 Å². The number of hydrogen-bond donors (Lipinski definition) is 1. The molecule has 0 saturated heterocycles. The molecule has 0 radical (unpaired) electrons. The number of rotatable bonds is 2. The number of nitrogens with one attached hydrogen (secondary N) is 1. The van der Waals surface area contributed by atoms with Crippen LogP contribution in [0.4, 0.5) is 8.78 Å². The molecule has 140 valence electrons. The molecule has 0 aliphatic carbocycles. The Morgan fingerprint density at radius 3 is 2.78 bits per heavy atom. The lowest BCUT2D eigenvalue weighted by molar-refractivity contribution is 0.107. The molecule has 4 rings (SSSR count). The third-order valence-electron chi connectivity index (χ3n) is 4.52. The maximum absolute atomic E-state index is 14.5. The van der Waals surface area contributed by atoms with Gasteiger partial charge in [-0.15, -0.1) is 11.8 Å². The number of methoxy groups -OCH3 is 1. The van der Waals surface area contributed by atoms with Gasteiger partial charge in [-0.25, -0.2) is 13.6 Å². The fraction of sp³-hybridized carbons (Fsp3) is 0.222. The SMILES string of the molecule is CO[C@H]1CSc2c(-c3ccc(F)cc3F)c(Cl)cc3c(=O)[nH]c(=O)n(c23)C1. The van der Waals surface area contributed by atoms with Crippen LogP contribution in [0.5, 0.6) is 0 Å². The molecule has 0 amide bonds. The summed E-state index contributed by atoms with van der Waals surface area (Å²) in [6.07, 6.45) is -0.293. The highest BCUT2D eigenvalue weighted by molar-refractivity contribution is 7.99. The Bertz CT molecular complexity index is 1190. The van der Waals surface area contributed by atoms with Crippen molar-refractivity contribution < 1.29 is 13.5 Å². The molecule has 9 heteroatoms. The number of halogens is 3. The van der Waals surface area contributed by atoms with Gasteiger partial charge in [-0.2, -0.15) is 0 Å². The Morgan fingerprint density at radius 2 is 2.07 bits per heavy atom. The van der Waals surface area contributed by atoms with Crippen LogP contribution >= 0.6 is 23.4 Å². The average Bonchev–Trinajstić information content (AvgIpc) is 2.81. The molecule has 2 aromatic carbocycles. The minimum absolute atomic E-state index is 0.0981. The number of benzene rings is 2. The lowest BCUT2D eigenvalue weighted by Crippen LogP contribution is -2.34. The van der Waals surface area contributed by atoms with Gasteiger partial charge in [-0.3, -0.25) is 14.3 Å². The molecule has 1 aromatic heterocycles. The Hall–Kier alpha value is -2.16. The molecule has 0 fully saturated rings. The van der Waals surface area contributed by atoms with E-state index >= 15 is 0 Å². The zero-order valence-corrected chi connectivity index (χ0v) is 15.6. The molecule has 1 aliphatic rings. The molecule has 0 unspecified atom stereocenters. The smallest absolute Gasteiger partial charge is 0.328 e. The highest BCUT2D eigenvalue weighted by Gasteiger charge is 2.26. The summed E-state index contributed by atoms with van der Waals surface area (Å²) in [6, 6.07) is 4.60. The molecule has 1 aliphatic heterocycles. The lowest BCUT2D eigenvalue weighted by Gasteiger charge is -2.16. The first-order chi connectivity index (χ1) is 12.9. The van der Waals surface area contributed by atoms with Crippen LogP contribution in [-0.2, 0) is 11.3 Å². The van der Waals surface area contributed by atoms with E-state index in [2.05, 4.69) is 4.98 Å². The normalized spacial score (nSPS) is 16.5. The van der Waals surface area contributed by atoms with E-state index in [1.165, 1.54) is 35.6 Å². The van der Waals surface area contributed by atoms with Crippen LogP contribution in [0.15, 0.2) is 38.8 Å². The van der Waals surface area contributed by atoms with Gasteiger partial charge in [0.2, 0.25) is 0 Å². The first-order valence-corrected chi connectivity index (χ1v) is 9.37. The van der Waals surface area contributed by atoms with Crippen molar-refractivity contribution in [2.24, 2.45) is 0 Å². The summed E-state index contributed by atoms with van der Waals surface area (Å²) in [5, 5.41) is 0.368. The summed E-state index contributed by atoms with van der Waals surface area (Å²) < 4.78 is 34.7.